The molecule has 102 valence electrons. The van der Waals surface area contributed by atoms with E-state index in [0.29, 0.717) is 0 Å². The number of hydrogen-bond acceptors (Lipinski definition) is 7. The molecule has 2 aliphatic rings. The first-order valence-corrected chi connectivity index (χ1v) is 5.39. The van der Waals surface area contributed by atoms with E-state index >= 15 is 0 Å². The summed E-state index contributed by atoms with van der Waals surface area (Å²) in [7, 11) is 0. The van der Waals surface area contributed by atoms with Crippen LogP contribution in [0.3, 0.4) is 0 Å². The Bertz CT molecular complexity index is 363. The van der Waals surface area contributed by atoms with Gasteiger partial charge in [-0.1, -0.05) is 0 Å². The Balaban J connectivity index is 2.13. The lowest BCUT2D eigenvalue weighted by Crippen LogP contribution is -2.65. The van der Waals surface area contributed by atoms with Gasteiger partial charge in [0.25, 0.3) is 5.91 Å². The number of carbonyl (C=O) groups is 2. The molecule has 0 aromatic carbocycles. The van der Waals surface area contributed by atoms with E-state index in [-0.39, 0.29) is 6.42 Å². The minimum absolute atomic E-state index is 0.0311. The quantitative estimate of drug-likeness (QED) is 0.351. The lowest BCUT2D eigenvalue weighted by atomic mass is 10.1. The van der Waals surface area contributed by atoms with E-state index in [1.54, 1.807) is 0 Å². The lowest BCUT2D eigenvalue weighted by molar-refractivity contribution is -0.167. The average Bonchev–Trinajstić information content (AvgIpc) is 2.67. The van der Waals surface area contributed by atoms with E-state index in [9.17, 15) is 24.9 Å². The molecule has 3 amide bonds. The van der Waals surface area contributed by atoms with Crippen LogP contribution in [-0.4, -0.2) is 74.6 Å². The molecule has 2 rings (SSSR count). The van der Waals surface area contributed by atoms with Crippen LogP contribution in [0.15, 0.2) is 0 Å². The monoisotopic (exact) mass is 262 g/mol. The van der Waals surface area contributed by atoms with Gasteiger partial charge < -0.3 is 25.2 Å². The minimum Gasteiger partial charge on any atom is -0.394 e. The topological polar surface area (TPSA) is 140 Å². The van der Waals surface area contributed by atoms with Gasteiger partial charge in [-0.25, -0.2) is 4.79 Å². The Hall–Kier alpha value is -1.26. The molecule has 0 spiro atoms. The number of ether oxygens (including phenoxy) is 1. The van der Waals surface area contributed by atoms with Crippen LogP contribution < -0.4 is 5.32 Å². The highest BCUT2D eigenvalue weighted by molar-refractivity contribution is 5.99. The number of aliphatic hydroxyl groups is 4. The maximum absolute atomic E-state index is 11.5. The maximum atomic E-state index is 11.5. The fraction of sp³-hybridized carbons (Fsp3) is 0.778. The van der Waals surface area contributed by atoms with Crippen molar-refractivity contribution in [2.75, 3.05) is 6.61 Å². The van der Waals surface area contributed by atoms with Gasteiger partial charge >= 0.3 is 6.03 Å². The fourth-order valence-corrected chi connectivity index (χ4v) is 2.00. The summed E-state index contributed by atoms with van der Waals surface area (Å²) in [6, 6.07) is -0.923. The highest BCUT2D eigenvalue weighted by Gasteiger charge is 2.47. The number of rotatable bonds is 2. The summed E-state index contributed by atoms with van der Waals surface area (Å²) in [4.78, 5) is 23.3. The van der Waals surface area contributed by atoms with E-state index in [2.05, 4.69) is 0 Å². The first kappa shape index (κ1) is 13.2. The van der Waals surface area contributed by atoms with Gasteiger partial charge in [-0.05, 0) is 0 Å². The normalized spacial score (nSPS) is 41.1. The number of nitrogens with zero attached hydrogens (tertiary/aromatic N) is 1. The summed E-state index contributed by atoms with van der Waals surface area (Å²) in [5.41, 5.74) is 0. The Morgan fingerprint density at radius 2 is 2.00 bits per heavy atom. The Labute approximate surface area is 102 Å². The molecule has 0 saturated carbocycles. The van der Waals surface area contributed by atoms with E-state index in [4.69, 9.17) is 9.84 Å². The third kappa shape index (κ3) is 2.06. The van der Waals surface area contributed by atoms with E-state index < -0.39 is 49.3 Å². The number of aliphatic hydroxyl groups excluding tert-OH is 4. The third-order valence-corrected chi connectivity index (χ3v) is 3.00. The molecule has 5 atom stereocenters. The highest BCUT2D eigenvalue weighted by Crippen LogP contribution is 2.26. The summed E-state index contributed by atoms with van der Waals surface area (Å²) in [6.45, 7) is -0.440. The van der Waals surface area contributed by atoms with Crippen molar-refractivity contribution in [3.05, 3.63) is 0 Å². The number of nitrogens with one attached hydrogen (secondary N) is 1. The average molecular weight is 262 g/mol. The summed E-state index contributed by atoms with van der Waals surface area (Å²) in [5, 5.41) is 39.3. The Kier molecular flexibility index (Phi) is 3.50. The van der Waals surface area contributed by atoms with Crippen molar-refractivity contribution in [3.8, 4) is 0 Å². The SMILES string of the molecule is O=C1NC(=O)N(C2CC(O)C(CO)O2)C(O)C1O. The van der Waals surface area contributed by atoms with Crippen LogP contribution >= 0.6 is 0 Å². The maximum Gasteiger partial charge on any atom is 0.328 e. The zero-order valence-corrected chi connectivity index (χ0v) is 9.26. The summed E-state index contributed by atoms with van der Waals surface area (Å²) in [6.07, 6.45) is -6.44. The van der Waals surface area contributed by atoms with E-state index in [1.165, 1.54) is 0 Å². The molecule has 0 radical (unpaired) electrons. The molecule has 9 heteroatoms. The molecule has 2 heterocycles. The molecule has 2 fully saturated rings. The number of hydrogen-bond donors (Lipinski definition) is 5. The van der Waals surface area contributed by atoms with Crippen molar-refractivity contribution in [3.63, 3.8) is 0 Å². The fourth-order valence-electron chi connectivity index (χ4n) is 2.00. The van der Waals surface area contributed by atoms with Crippen LogP contribution in [0.1, 0.15) is 6.42 Å². The number of imide groups is 1. The minimum atomic E-state index is -1.78. The van der Waals surface area contributed by atoms with Gasteiger partial charge in [0, 0.05) is 6.42 Å². The summed E-state index contributed by atoms with van der Waals surface area (Å²) in [5.74, 6) is -0.999. The second-order valence-electron chi connectivity index (χ2n) is 4.17. The predicted molar refractivity (Wildman–Crippen MR) is 53.8 cm³/mol. The van der Waals surface area contributed by atoms with Crippen LogP contribution in [-0.2, 0) is 9.53 Å². The molecule has 5 unspecified atom stereocenters. The molecule has 2 saturated heterocycles. The van der Waals surface area contributed by atoms with Crippen molar-refractivity contribution in [1.82, 2.24) is 10.2 Å². The Morgan fingerprint density at radius 1 is 1.33 bits per heavy atom. The predicted octanol–water partition coefficient (Wildman–Crippen LogP) is -3.31. The Morgan fingerprint density at radius 3 is 2.56 bits per heavy atom. The van der Waals surface area contributed by atoms with Gasteiger partial charge in [-0.3, -0.25) is 15.0 Å². The van der Waals surface area contributed by atoms with E-state index in [0.717, 1.165) is 4.90 Å². The summed E-state index contributed by atoms with van der Waals surface area (Å²) < 4.78 is 5.17. The largest absolute Gasteiger partial charge is 0.394 e. The van der Waals surface area contributed by atoms with Gasteiger partial charge in [0.1, 0.15) is 12.3 Å². The molecule has 0 aliphatic carbocycles. The number of amides is 3. The molecular weight excluding hydrogens is 248 g/mol. The molecular formula is C9H14N2O7. The van der Waals surface area contributed by atoms with Crippen molar-refractivity contribution in [1.29, 1.82) is 0 Å². The standard InChI is InChI=1S/C9H14N2O7/c12-2-4-3(13)1-5(18-4)11-8(16)6(14)7(15)10-9(11)17/h3-6,8,12-14,16H,1-2H2,(H,10,15,17). The van der Waals surface area contributed by atoms with Gasteiger partial charge in [0.15, 0.2) is 12.3 Å². The van der Waals surface area contributed by atoms with Crippen LogP contribution in [0.4, 0.5) is 4.79 Å². The van der Waals surface area contributed by atoms with Crippen molar-refractivity contribution < 1.29 is 34.8 Å². The summed E-state index contributed by atoms with van der Waals surface area (Å²) >= 11 is 0. The smallest absolute Gasteiger partial charge is 0.328 e. The van der Waals surface area contributed by atoms with Crippen molar-refractivity contribution >= 4 is 11.9 Å². The first-order valence-electron chi connectivity index (χ1n) is 5.39. The van der Waals surface area contributed by atoms with Gasteiger partial charge in [-0.2, -0.15) is 0 Å². The number of urea groups is 1. The van der Waals surface area contributed by atoms with E-state index in [1.807, 2.05) is 5.32 Å². The van der Waals surface area contributed by atoms with Crippen LogP contribution in [0.25, 0.3) is 0 Å². The van der Waals surface area contributed by atoms with Gasteiger partial charge in [0.2, 0.25) is 0 Å². The highest BCUT2D eigenvalue weighted by atomic mass is 16.6. The second-order valence-corrected chi connectivity index (χ2v) is 4.17. The third-order valence-electron chi connectivity index (χ3n) is 3.00. The van der Waals surface area contributed by atoms with Crippen LogP contribution in [0, 0.1) is 0 Å². The van der Waals surface area contributed by atoms with Crippen LogP contribution in [0.5, 0.6) is 0 Å². The van der Waals surface area contributed by atoms with Gasteiger partial charge in [0.05, 0.1) is 12.7 Å². The van der Waals surface area contributed by atoms with Crippen LogP contribution in [0.2, 0.25) is 0 Å². The molecule has 2 aliphatic heterocycles. The molecule has 9 nitrogen and oxygen atoms in total. The molecule has 0 aromatic heterocycles. The zero-order valence-electron chi connectivity index (χ0n) is 9.26. The molecule has 0 bridgehead atoms. The second kappa shape index (κ2) is 4.78. The van der Waals surface area contributed by atoms with Crippen molar-refractivity contribution in [2.24, 2.45) is 0 Å². The zero-order chi connectivity index (χ0) is 13.4. The lowest BCUT2D eigenvalue weighted by Gasteiger charge is -2.37. The molecule has 18 heavy (non-hydrogen) atoms. The first-order chi connectivity index (χ1) is 8.45. The van der Waals surface area contributed by atoms with Crippen molar-refractivity contribution in [2.45, 2.75) is 37.2 Å². The molecule has 5 N–H and O–H groups in total. The van der Waals surface area contributed by atoms with Gasteiger partial charge in [-0.15, -0.1) is 0 Å². The molecule has 0 aromatic rings. The number of carbonyl (C=O) groups excluding carboxylic acids is 2.